The van der Waals surface area contributed by atoms with Gasteiger partial charge >= 0.3 is 0 Å². The third-order valence-electron chi connectivity index (χ3n) is 24.0. The molecule has 1 saturated carbocycles. The van der Waals surface area contributed by atoms with Gasteiger partial charge in [-0.1, -0.05) is 78.9 Å². The summed E-state index contributed by atoms with van der Waals surface area (Å²) in [5.41, 5.74) is 42.9. The number of hydrogen-bond donors (Lipinski definition) is 2. The van der Waals surface area contributed by atoms with Gasteiger partial charge in [-0.25, -0.2) is 34.9 Å². The highest BCUT2D eigenvalue weighted by Crippen LogP contribution is 2.44. The lowest BCUT2D eigenvalue weighted by atomic mass is 10.0. The van der Waals surface area contributed by atoms with Crippen LogP contribution in [0.15, 0.2) is 353 Å². The van der Waals surface area contributed by atoms with Gasteiger partial charge < -0.3 is 39.9 Å². The Labute approximate surface area is 816 Å². The van der Waals surface area contributed by atoms with Crippen molar-refractivity contribution in [3.8, 4) is 147 Å². The number of imidazole rings is 5. The number of pyridine rings is 7. The van der Waals surface area contributed by atoms with Crippen molar-refractivity contribution in [3.05, 3.63) is 376 Å². The van der Waals surface area contributed by atoms with E-state index in [1.807, 2.05) is 254 Å². The molecule has 21 nitrogen and oxygen atoms in total. The fourth-order valence-electron chi connectivity index (χ4n) is 16.9. The number of hydrogen-bond acceptors (Lipinski definition) is 16. The van der Waals surface area contributed by atoms with Gasteiger partial charge in [0.1, 0.15) is 62.8 Å². The van der Waals surface area contributed by atoms with Crippen LogP contribution < -0.4 is 39.9 Å². The van der Waals surface area contributed by atoms with Crippen LogP contribution in [-0.4, -0.2) is 99.3 Å². The van der Waals surface area contributed by atoms with Gasteiger partial charge in [0, 0.05) is 111 Å². The van der Waals surface area contributed by atoms with Crippen molar-refractivity contribution in [2.45, 2.75) is 151 Å². The smallest absolute Gasteiger partial charge is 0.213 e. The molecule has 140 heavy (non-hydrogen) atoms. The van der Waals surface area contributed by atoms with E-state index in [-0.39, 0.29) is 47.9 Å². The van der Waals surface area contributed by atoms with Crippen molar-refractivity contribution >= 4 is 45.9 Å². The Morgan fingerprint density at radius 3 is 0.864 bits per heavy atom. The molecule has 22 rings (SSSR count). The predicted molar refractivity (Wildman–Crippen MR) is 563 cm³/mol. The summed E-state index contributed by atoms with van der Waals surface area (Å²) in [5.74, 6) is 5.59. The van der Waals surface area contributed by atoms with Crippen molar-refractivity contribution in [2.24, 2.45) is 5.73 Å². The van der Waals surface area contributed by atoms with Gasteiger partial charge in [0.15, 0.2) is 5.78 Å². The van der Waals surface area contributed by atoms with E-state index < -0.39 is 0 Å². The third-order valence-corrected chi connectivity index (χ3v) is 24.0. The van der Waals surface area contributed by atoms with Crippen LogP contribution in [-0.2, 0) is 12.0 Å². The number of fused-ring (bicyclic) bond motifs is 6. The molecule has 0 amide bonds. The van der Waals surface area contributed by atoms with E-state index in [0.717, 1.165) is 177 Å². The summed E-state index contributed by atoms with van der Waals surface area (Å²) in [6, 6.07) is 92.0. The summed E-state index contributed by atoms with van der Waals surface area (Å²) < 4.78 is 44.9. The Kier molecular flexibility index (Phi) is 27.9. The van der Waals surface area contributed by atoms with E-state index in [2.05, 4.69) is 240 Å². The molecule has 0 radical (unpaired) electrons. The van der Waals surface area contributed by atoms with Gasteiger partial charge in [-0.15, -0.1) is 0 Å². The first-order valence-corrected chi connectivity index (χ1v) is 47.7. The van der Waals surface area contributed by atoms with E-state index in [9.17, 15) is 4.79 Å². The van der Waals surface area contributed by atoms with Crippen LogP contribution in [0, 0.1) is 0 Å². The minimum absolute atomic E-state index is 0.0730. The Morgan fingerprint density at radius 2 is 0.571 bits per heavy atom. The zero-order valence-electron chi connectivity index (χ0n) is 81.0. The lowest BCUT2D eigenvalue weighted by Crippen LogP contribution is -2.18. The average Bonchev–Trinajstić information content (AvgIpc) is 1.63. The van der Waals surface area contributed by atoms with Crippen molar-refractivity contribution < 1.29 is 33.2 Å². The van der Waals surface area contributed by atoms with E-state index in [4.69, 9.17) is 39.9 Å². The molecule has 0 saturated heterocycles. The normalized spacial score (nSPS) is 12.3. The maximum absolute atomic E-state index is 11.5. The number of aromatic nitrogens is 12. The Hall–Kier alpha value is -16.5. The number of carbonyl (C=O) groups is 1. The first-order valence-electron chi connectivity index (χ1n) is 47.7. The summed E-state index contributed by atoms with van der Waals surface area (Å²) in [6.45, 7) is 25.8. The zero-order chi connectivity index (χ0) is 97.2. The van der Waals surface area contributed by atoms with E-state index in [0.29, 0.717) is 11.7 Å². The predicted octanol–water partition coefficient (Wildman–Crippen LogP) is 27.2. The second-order valence-corrected chi connectivity index (χ2v) is 36.8. The molecule has 702 valence electrons. The molecule has 12 heterocycles. The highest BCUT2D eigenvalue weighted by molar-refractivity contribution is 5.94. The summed E-state index contributed by atoms with van der Waals surface area (Å²) in [5, 5.41) is 0. The minimum Gasteiger partial charge on any atom is -0.491 e. The lowest BCUT2D eigenvalue weighted by Gasteiger charge is -2.11. The van der Waals surface area contributed by atoms with Crippen LogP contribution in [0.5, 0.6) is 34.6 Å². The molecule has 0 unspecified atom stereocenters. The van der Waals surface area contributed by atoms with Gasteiger partial charge in [0.25, 0.3) is 0 Å². The van der Waals surface area contributed by atoms with E-state index in [1.54, 1.807) is 13.1 Å². The Morgan fingerprint density at radius 1 is 0.293 bits per heavy atom. The minimum atomic E-state index is -0.0918. The van der Waals surface area contributed by atoms with Gasteiger partial charge in [0.2, 0.25) is 5.88 Å². The fourth-order valence-corrected chi connectivity index (χ4v) is 16.9. The molecule has 0 bridgehead atoms. The molecule has 20 aromatic rings. The second-order valence-electron chi connectivity index (χ2n) is 36.8. The van der Waals surface area contributed by atoms with Crippen LogP contribution in [0.1, 0.15) is 130 Å². The number of nitrogen functional groups attached to an aromatic ring is 1. The molecule has 2 aliphatic rings. The van der Waals surface area contributed by atoms with Crippen LogP contribution in [0.3, 0.4) is 0 Å². The van der Waals surface area contributed by atoms with E-state index >= 15 is 0 Å². The molecular formula is C119H114N14O7. The van der Waals surface area contributed by atoms with Gasteiger partial charge in [-0.2, -0.15) is 0 Å². The number of allylic oxidation sites excluding steroid dienone is 1. The van der Waals surface area contributed by atoms with Crippen molar-refractivity contribution in [1.82, 2.24) is 56.9 Å². The van der Waals surface area contributed by atoms with Crippen LogP contribution in [0.4, 0.5) is 5.82 Å². The molecule has 12 aromatic heterocycles. The average molecular weight is 1850 g/mol. The Bertz CT molecular complexity index is 7730. The topological polar surface area (TPSA) is 237 Å². The quantitative estimate of drug-likeness (QED) is 0.0535. The number of ketones is 1. The molecular weight excluding hydrogens is 1740 g/mol. The molecule has 0 aliphatic heterocycles. The van der Waals surface area contributed by atoms with Gasteiger partial charge in [-0.3, -0.25) is 26.8 Å². The molecule has 21 heteroatoms. The molecule has 8 aromatic carbocycles. The van der Waals surface area contributed by atoms with Crippen molar-refractivity contribution in [3.63, 3.8) is 0 Å². The maximum atomic E-state index is 11.5. The lowest BCUT2D eigenvalue weighted by molar-refractivity contribution is 0.101. The summed E-state index contributed by atoms with van der Waals surface area (Å²) in [6.07, 6.45) is 32.2. The van der Waals surface area contributed by atoms with Crippen molar-refractivity contribution in [1.29, 1.82) is 0 Å². The molecule has 0 atom stereocenters. The number of anilines is 1. The molecule has 4 N–H and O–H groups in total. The molecule has 1 fully saturated rings. The highest BCUT2D eigenvalue weighted by Gasteiger charge is 2.40. The maximum Gasteiger partial charge on any atom is 0.213 e. The van der Waals surface area contributed by atoms with Gasteiger partial charge in [-0.05, 0) is 360 Å². The summed E-state index contributed by atoms with van der Waals surface area (Å²) in [4.78, 5) is 42.8. The fraction of sp³-hybridized carbons (Fsp3) is 0.193. The van der Waals surface area contributed by atoms with Crippen LogP contribution >= 0.6 is 0 Å². The van der Waals surface area contributed by atoms with Gasteiger partial charge in [0.05, 0.1) is 96.1 Å². The number of nitrogens with zero attached hydrogens (tertiary/aromatic N) is 12. The number of Topliss-reactive ketones (excluding diaryl/α,β-unsaturated/α-hetero) is 1. The standard InChI is InChI=1S/C25H25N3O.C25H22N2O.C24H25N3O2.C24H22N2O2.C21H20N4O/c1-17(2)29-22-10-5-19(6-11-22)23-15-27-24-12-7-20(16-28(23)24)18-3-8-21(9-4-18)25(26)13-14-25;1-17(2)28-23-11-8-19(9-12-23)24-15-26-25-13-10-22(16-27(24)25)21-7-6-18-4-3-5-20(18)14-21;1-16(2)28-21-9-5-18(6-10-21)22-14-25-23-11-7-20(15-27(22)23)19-8-12-24(26-13-19)29-17(3)4;1-16(2)28-22-11-8-20(9-12-22)23-14-25-24-13-10-21(15-26(23)24)19-6-4-18(5-7-19)17(3)27;1-14(2)26-18-7-3-15(4-8-18)19-12-24-21-10-6-17(13-25(19)21)16-5-9-20(22)23-11-16/h3-12,15-17H,13-14,26H2,1-2H3;3-4,6-17H,5H2,1-2H3;5-17H,1-4H3;4-16H,1-3H3;3-14H,1-2H3,(H2,22,23). The SMILES string of the molecule is CC(=O)c1ccc(-c2ccc3ncc(-c4ccc(OC(C)C)cc4)n3c2)cc1.CC(C)Oc1ccc(-c2cnc3ccc(-c4ccc(C5(N)CC5)cc4)cn23)cc1.CC(C)Oc1ccc(-c2cnc3ccc(-c4ccc(N)nc4)cn23)cc1.CC(C)Oc1ccc(-c2cnc3ccc(-c4ccc(OC(C)C)nc4)cn23)cc1.CC(C)Oc1ccc(-c2cnc3ccc(-c4ccc5c(c4)CC=C5)cn23)cc1. The number of ether oxygens (including phenoxy) is 6. The third kappa shape index (κ3) is 22.3. The zero-order valence-corrected chi connectivity index (χ0v) is 81.0. The number of rotatable bonds is 24. The van der Waals surface area contributed by atoms with E-state index in [1.165, 1.54) is 33.4 Å². The second kappa shape index (κ2) is 41.6. The van der Waals surface area contributed by atoms with Crippen molar-refractivity contribution in [2.75, 3.05) is 5.73 Å². The first kappa shape index (κ1) is 93.9. The number of carbonyl (C=O) groups excluding carboxylic acids is 1. The van der Waals surface area contributed by atoms with Crippen LogP contribution in [0.25, 0.3) is 146 Å². The number of benzene rings is 8. The number of nitrogens with two attached hydrogens (primary N) is 2. The summed E-state index contributed by atoms with van der Waals surface area (Å²) >= 11 is 0. The Balaban J connectivity index is 0.000000116. The first-order chi connectivity index (χ1) is 67.8. The monoisotopic (exact) mass is 1850 g/mol. The van der Waals surface area contributed by atoms with Crippen LogP contribution in [0.2, 0.25) is 0 Å². The highest BCUT2D eigenvalue weighted by atomic mass is 16.5. The summed E-state index contributed by atoms with van der Waals surface area (Å²) in [7, 11) is 0. The largest absolute Gasteiger partial charge is 0.491 e. The molecule has 0 spiro atoms. The molecule has 2 aliphatic carbocycles.